The first-order valence-corrected chi connectivity index (χ1v) is 15.7. The van der Waals surface area contributed by atoms with Gasteiger partial charge < -0.3 is 0 Å². The third kappa shape index (κ3) is 5.41. The van der Waals surface area contributed by atoms with Crippen LogP contribution in [0, 0.1) is 0 Å². The predicted molar refractivity (Wildman–Crippen MR) is 177 cm³/mol. The maximum Gasteiger partial charge on any atom is 0.185 e. The molecule has 5 aromatic carbocycles. The van der Waals surface area contributed by atoms with Crippen LogP contribution in [0.4, 0.5) is 11.4 Å². The second-order valence-corrected chi connectivity index (χ2v) is 12.3. The van der Waals surface area contributed by atoms with Gasteiger partial charge in [0.2, 0.25) is 0 Å². The lowest BCUT2D eigenvalue weighted by Crippen LogP contribution is -2.09. The van der Waals surface area contributed by atoms with E-state index in [0.717, 1.165) is 34.3 Å². The van der Waals surface area contributed by atoms with Crippen LogP contribution < -0.4 is 4.90 Å². The number of allylic oxidation sites excluding steroid dienone is 4. The van der Waals surface area contributed by atoms with E-state index < -0.39 is 0 Å². The van der Waals surface area contributed by atoms with Crippen LogP contribution in [0.5, 0.6) is 0 Å². The fraction of sp³-hybridized carbons (Fsp3) is 0.0526. The standard InChI is InChI=1S/C38H27NOS2/c40-35(30-21-19-27-11-7-8-12-29(27)25-30)24-23-28-20-22-31(38(28)41-33-15-5-2-6-16-33)26-37-39(32-13-3-1-4-14-32)34-17-9-10-18-36(34)42-37/h1-19,21,23-25H,20,22H2/b24-23+. The minimum absolute atomic E-state index is 0.0187. The number of nitrogens with zero attached hydrogens (tertiary/aromatic N) is 1. The third-order valence-electron chi connectivity index (χ3n) is 7.43. The van der Waals surface area contributed by atoms with Gasteiger partial charge in [-0.1, -0.05) is 120 Å². The molecule has 202 valence electrons. The first-order chi connectivity index (χ1) is 20.7. The molecular weight excluding hydrogens is 551 g/mol. The van der Waals surface area contributed by atoms with E-state index in [4.69, 9.17) is 0 Å². The van der Waals surface area contributed by atoms with Gasteiger partial charge in [-0.2, -0.15) is 0 Å². The molecule has 0 saturated carbocycles. The van der Waals surface area contributed by atoms with Gasteiger partial charge >= 0.3 is 0 Å². The number of carbonyl (C=O) groups excluding carboxylic acids is 1. The largest absolute Gasteiger partial charge is 0.297 e. The molecule has 0 bridgehead atoms. The predicted octanol–water partition coefficient (Wildman–Crippen LogP) is 10.7. The number of ketones is 1. The van der Waals surface area contributed by atoms with E-state index >= 15 is 0 Å². The normalized spacial score (nSPS) is 14.6. The van der Waals surface area contributed by atoms with Crippen molar-refractivity contribution in [3.8, 4) is 0 Å². The number of anilines is 2. The molecule has 2 nitrogen and oxygen atoms in total. The minimum Gasteiger partial charge on any atom is -0.297 e. The first kappa shape index (κ1) is 26.4. The Balaban J connectivity index is 1.29. The molecular formula is C38H27NOS2. The van der Waals surface area contributed by atoms with Crippen molar-refractivity contribution in [2.24, 2.45) is 0 Å². The topological polar surface area (TPSA) is 20.3 Å². The summed E-state index contributed by atoms with van der Waals surface area (Å²) in [4.78, 5) is 19.1. The van der Waals surface area contributed by atoms with Crippen molar-refractivity contribution >= 4 is 51.5 Å². The van der Waals surface area contributed by atoms with Gasteiger partial charge in [0.05, 0.1) is 5.69 Å². The second-order valence-electron chi connectivity index (χ2n) is 10.2. The maximum absolute atomic E-state index is 13.2. The van der Waals surface area contributed by atoms with Crippen molar-refractivity contribution in [2.45, 2.75) is 22.6 Å². The van der Waals surface area contributed by atoms with Gasteiger partial charge in [0.1, 0.15) is 5.03 Å². The third-order valence-corrected chi connectivity index (χ3v) is 9.69. The van der Waals surface area contributed by atoms with Gasteiger partial charge in [0.25, 0.3) is 0 Å². The molecule has 5 aromatic rings. The Kier molecular flexibility index (Phi) is 7.42. The highest BCUT2D eigenvalue weighted by atomic mass is 32.2. The molecule has 0 spiro atoms. The summed E-state index contributed by atoms with van der Waals surface area (Å²) < 4.78 is 0. The van der Waals surface area contributed by atoms with Crippen molar-refractivity contribution in [2.75, 3.05) is 4.90 Å². The number of fused-ring (bicyclic) bond motifs is 2. The van der Waals surface area contributed by atoms with Crippen LogP contribution >= 0.6 is 23.5 Å². The summed E-state index contributed by atoms with van der Waals surface area (Å²) in [6.45, 7) is 0. The van der Waals surface area contributed by atoms with Crippen LogP contribution in [-0.2, 0) is 0 Å². The van der Waals surface area contributed by atoms with E-state index in [1.165, 1.54) is 31.5 Å². The van der Waals surface area contributed by atoms with E-state index in [-0.39, 0.29) is 5.78 Å². The Hall–Kier alpha value is -4.47. The van der Waals surface area contributed by atoms with Crippen LogP contribution in [0.3, 0.4) is 0 Å². The molecule has 0 aromatic heterocycles. The van der Waals surface area contributed by atoms with E-state index in [0.29, 0.717) is 5.56 Å². The summed E-state index contributed by atoms with van der Waals surface area (Å²) in [6.07, 6.45) is 5.50. The summed E-state index contributed by atoms with van der Waals surface area (Å²) in [7, 11) is 0. The monoisotopic (exact) mass is 577 g/mol. The van der Waals surface area contributed by atoms with E-state index in [1.807, 2.05) is 54.6 Å². The van der Waals surface area contributed by atoms with Gasteiger partial charge in [-0.25, -0.2) is 0 Å². The summed E-state index contributed by atoms with van der Waals surface area (Å²) in [6, 6.07) is 43.5. The average Bonchev–Trinajstić information content (AvgIpc) is 3.60. The molecule has 4 heteroatoms. The number of hydrogen-bond acceptors (Lipinski definition) is 4. The number of para-hydroxylation sites is 2. The highest BCUT2D eigenvalue weighted by molar-refractivity contribution is 8.04. The molecule has 0 saturated heterocycles. The van der Waals surface area contributed by atoms with E-state index in [9.17, 15) is 4.79 Å². The highest BCUT2D eigenvalue weighted by Crippen LogP contribution is 2.50. The molecule has 0 amide bonds. The fourth-order valence-electron chi connectivity index (χ4n) is 5.34. The zero-order chi connectivity index (χ0) is 28.3. The van der Waals surface area contributed by atoms with Gasteiger partial charge in [0, 0.05) is 31.5 Å². The molecule has 0 fully saturated rings. The molecule has 7 rings (SSSR count). The number of thioether (sulfide) groups is 2. The zero-order valence-electron chi connectivity index (χ0n) is 22.9. The lowest BCUT2D eigenvalue weighted by atomic mass is 10.0. The molecule has 0 atom stereocenters. The summed E-state index contributed by atoms with van der Waals surface area (Å²) in [5.74, 6) is 0.0187. The van der Waals surface area contributed by atoms with Crippen molar-refractivity contribution < 1.29 is 4.79 Å². The lowest BCUT2D eigenvalue weighted by molar-refractivity contribution is 0.104. The van der Waals surface area contributed by atoms with Gasteiger partial charge in [0.15, 0.2) is 5.78 Å². The van der Waals surface area contributed by atoms with Gasteiger partial charge in [-0.15, -0.1) is 0 Å². The molecule has 2 aliphatic rings. The van der Waals surface area contributed by atoms with Crippen molar-refractivity contribution in [1.29, 1.82) is 0 Å². The van der Waals surface area contributed by atoms with E-state index in [1.54, 1.807) is 29.6 Å². The SMILES string of the molecule is O=C(/C=C/C1=C(Sc2ccccc2)C(=C=C2Sc3ccccc3N2c2ccccc2)CC1)c1ccc2ccccc2c1. The molecule has 0 unspecified atom stereocenters. The Morgan fingerprint density at radius 3 is 2.31 bits per heavy atom. The van der Waals surface area contributed by atoms with E-state index in [2.05, 4.69) is 89.5 Å². The second kappa shape index (κ2) is 11.8. The summed E-state index contributed by atoms with van der Waals surface area (Å²) >= 11 is 3.52. The number of benzene rings is 5. The lowest BCUT2D eigenvalue weighted by Gasteiger charge is -2.19. The van der Waals surface area contributed by atoms with Crippen molar-refractivity contribution in [3.63, 3.8) is 0 Å². The molecule has 1 aliphatic carbocycles. The van der Waals surface area contributed by atoms with Crippen molar-refractivity contribution in [1.82, 2.24) is 0 Å². The average molecular weight is 578 g/mol. The van der Waals surface area contributed by atoms with Gasteiger partial charge in [-0.3, -0.25) is 9.69 Å². The van der Waals surface area contributed by atoms with Crippen LogP contribution in [0.15, 0.2) is 176 Å². The number of hydrogen-bond donors (Lipinski definition) is 0. The number of rotatable bonds is 6. The molecule has 1 aliphatic heterocycles. The van der Waals surface area contributed by atoms with Crippen LogP contribution in [0.2, 0.25) is 0 Å². The fourth-order valence-corrected chi connectivity index (χ4v) is 7.53. The minimum atomic E-state index is 0.0187. The Bertz CT molecular complexity index is 1930. The molecule has 42 heavy (non-hydrogen) atoms. The molecule has 0 radical (unpaired) electrons. The smallest absolute Gasteiger partial charge is 0.185 e. The van der Waals surface area contributed by atoms with Crippen LogP contribution in [0.25, 0.3) is 10.8 Å². The van der Waals surface area contributed by atoms with Crippen LogP contribution in [-0.4, -0.2) is 5.78 Å². The maximum atomic E-state index is 13.2. The first-order valence-electron chi connectivity index (χ1n) is 14.0. The Morgan fingerprint density at radius 1 is 0.762 bits per heavy atom. The summed E-state index contributed by atoms with van der Waals surface area (Å²) in [5.41, 5.74) is 9.20. The quantitative estimate of drug-likeness (QED) is 0.114. The number of carbonyl (C=O) groups is 1. The van der Waals surface area contributed by atoms with Gasteiger partial charge in [-0.05, 0) is 77.7 Å². The Morgan fingerprint density at radius 2 is 1.48 bits per heavy atom. The van der Waals surface area contributed by atoms with Crippen molar-refractivity contribution in [3.05, 3.63) is 172 Å². The Labute approximate surface area is 254 Å². The summed E-state index contributed by atoms with van der Waals surface area (Å²) in [5, 5.41) is 3.28. The zero-order valence-corrected chi connectivity index (χ0v) is 24.5. The molecule has 0 N–H and O–H groups in total. The van der Waals surface area contributed by atoms with Crippen LogP contribution in [0.1, 0.15) is 23.2 Å². The highest BCUT2D eigenvalue weighted by Gasteiger charge is 2.27. The molecule has 1 heterocycles.